The summed E-state index contributed by atoms with van der Waals surface area (Å²) >= 11 is 0. The fourth-order valence-electron chi connectivity index (χ4n) is 2.98. The van der Waals surface area contributed by atoms with Crippen molar-refractivity contribution in [2.75, 3.05) is 26.2 Å². The van der Waals surface area contributed by atoms with Crippen LogP contribution in [-0.2, 0) is 0 Å². The minimum absolute atomic E-state index is 0.183. The topological polar surface area (TPSA) is 58.4 Å². The van der Waals surface area contributed by atoms with Crippen LogP contribution in [0.2, 0.25) is 0 Å². The molecule has 0 aliphatic carbocycles. The molecular weight excluding hydrogens is 314 g/mol. The summed E-state index contributed by atoms with van der Waals surface area (Å²) in [5.74, 6) is 0.134. The van der Waals surface area contributed by atoms with Gasteiger partial charge in [-0.05, 0) is 56.7 Å². The second-order valence-electron chi connectivity index (χ2n) is 6.33. The molecule has 3 aromatic rings. The summed E-state index contributed by atoms with van der Waals surface area (Å²) in [6.07, 6.45) is 0.926. The van der Waals surface area contributed by atoms with E-state index in [9.17, 15) is 4.79 Å². The van der Waals surface area contributed by atoms with Gasteiger partial charge in [-0.1, -0.05) is 26.0 Å². The maximum absolute atomic E-state index is 12.3. The molecule has 132 valence electrons. The van der Waals surface area contributed by atoms with E-state index in [0.717, 1.165) is 47.9 Å². The molecule has 25 heavy (non-hydrogen) atoms. The van der Waals surface area contributed by atoms with Crippen molar-refractivity contribution in [3.05, 3.63) is 41.7 Å². The molecule has 1 N–H and O–H groups in total. The molecule has 0 radical (unpaired) electrons. The maximum Gasteiger partial charge on any atom is 0.287 e. The van der Waals surface area contributed by atoms with Gasteiger partial charge in [0.15, 0.2) is 5.76 Å². The Balaban J connectivity index is 1.68. The fraction of sp³-hybridized carbons (Fsp3) is 0.400. The van der Waals surface area contributed by atoms with Gasteiger partial charge in [-0.25, -0.2) is 4.98 Å². The number of carbonyl (C=O) groups excluding carboxylic acids is 1. The van der Waals surface area contributed by atoms with Gasteiger partial charge in [0.25, 0.3) is 5.91 Å². The van der Waals surface area contributed by atoms with Crippen molar-refractivity contribution in [1.82, 2.24) is 15.2 Å². The van der Waals surface area contributed by atoms with E-state index in [4.69, 9.17) is 4.42 Å². The van der Waals surface area contributed by atoms with Gasteiger partial charge in [-0.15, -0.1) is 0 Å². The number of pyridine rings is 1. The number of carbonyl (C=O) groups is 1. The van der Waals surface area contributed by atoms with Gasteiger partial charge >= 0.3 is 0 Å². The SMILES string of the molecule is CCN(CC)CCCNC(=O)c1cc2cc3ccc(C)cc3nc2o1. The number of hydrogen-bond donors (Lipinski definition) is 1. The lowest BCUT2D eigenvalue weighted by molar-refractivity contribution is 0.0926. The van der Waals surface area contributed by atoms with Crippen molar-refractivity contribution in [1.29, 1.82) is 0 Å². The Bertz CT molecular complexity index is 881. The lowest BCUT2D eigenvalue weighted by Crippen LogP contribution is -2.29. The molecule has 5 nitrogen and oxygen atoms in total. The van der Waals surface area contributed by atoms with Crippen LogP contribution in [-0.4, -0.2) is 42.0 Å². The summed E-state index contributed by atoms with van der Waals surface area (Å²) < 4.78 is 5.66. The van der Waals surface area contributed by atoms with Crippen molar-refractivity contribution in [2.24, 2.45) is 0 Å². The second kappa shape index (κ2) is 7.66. The maximum atomic E-state index is 12.3. The zero-order valence-electron chi connectivity index (χ0n) is 15.1. The molecule has 0 aliphatic heterocycles. The number of hydrogen-bond acceptors (Lipinski definition) is 4. The molecular formula is C20H25N3O2. The number of furan rings is 1. The molecule has 0 saturated heterocycles. The lowest BCUT2D eigenvalue weighted by atomic mass is 10.1. The van der Waals surface area contributed by atoms with Crippen LogP contribution in [0, 0.1) is 6.92 Å². The third-order valence-corrected chi connectivity index (χ3v) is 4.51. The zero-order valence-corrected chi connectivity index (χ0v) is 15.1. The number of aromatic nitrogens is 1. The molecule has 3 rings (SSSR count). The predicted octanol–water partition coefficient (Wildman–Crippen LogP) is 3.75. The molecule has 0 spiro atoms. The van der Waals surface area contributed by atoms with Crippen LogP contribution < -0.4 is 5.32 Å². The molecule has 2 aromatic heterocycles. The van der Waals surface area contributed by atoms with Crippen molar-refractivity contribution >= 4 is 27.9 Å². The van der Waals surface area contributed by atoms with Crippen LogP contribution in [0.5, 0.6) is 0 Å². The number of benzene rings is 1. The van der Waals surface area contributed by atoms with Crippen LogP contribution in [0.25, 0.3) is 22.0 Å². The van der Waals surface area contributed by atoms with E-state index in [-0.39, 0.29) is 5.91 Å². The number of amides is 1. The molecule has 0 bridgehead atoms. The summed E-state index contributed by atoms with van der Waals surface area (Å²) in [6.45, 7) is 10.0. The van der Waals surface area contributed by atoms with Crippen molar-refractivity contribution in [3.63, 3.8) is 0 Å². The van der Waals surface area contributed by atoms with Crippen LogP contribution in [0.15, 0.2) is 34.7 Å². The highest BCUT2D eigenvalue weighted by atomic mass is 16.4. The van der Waals surface area contributed by atoms with Crippen LogP contribution in [0.3, 0.4) is 0 Å². The first-order valence-corrected chi connectivity index (χ1v) is 8.92. The average molecular weight is 339 g/mol. The van der Waals surface area contributed by atoms with Crippen LogP contribution in [0.4, 0.5) is 0 Å². The lowest BCUT2D eigenvalue weighted by Gasteiger charge is -2.17. The van der Waals surface area contributed by atoms with Gasteiger partial charge < -0.3 is 14.6 Å². The first-order chi connectivity index (χ1) is 12.1. The highest BCUT2D eigenvalue weighted by Crippen LogP contribution is 2.23. The molecule has 0 unspecified atom stereocenters. The molecule has 0 saturated carbocycles. The summed E-state index contributed by atoms with van der Waals surface area (Å²) in [5, 5.41) is 4.82. The molecule has 0 atom stereocenters. The van der Waals surface area contributed by atoms with E-state index in [1.807, 2.05) is 25.1 Å². The Kier molecular flexibility index (Phi) is 5.34. The van der Waals surface area contributed by atoms with Gasteiger partial charge in [0.1, 0.15) is 0 Å². The highest BCUT2D eigenvalue weighted by Gasteiger charge is 2.13. The third kappa shape index (κ3) is 3.99. The van der Waals surface area contributed by atoms with Crippen molar-refractivity contribution in [2.45, 2.75) is 27.2 Å². The van der Waals surface area contributed by atoms with E-state index >= 15 is 0 Å². The van der Waals surface area contributed by atoms with Crippen LogP contribution in [0.1, 0.15) is 36.4 Å². The Morgan fingerprint density at radius 2 is 1.96 bits per heavy atom. The summed E-state index contributed by atoms with van der Waals surface area (Å²) in [6, 6.07) is 9.89. The predicted molar refractivity (Wildman–Crippen MR) is 101 cm³/mol. The number of fused-ring (bicyclic) bond motifs is 2. The Morgan fingerprint density at radius 1 is 1.16 bits per heavy atom. The fourth-order valence-corrected chi connectivity index (χ4v) is 2.98. The van der Waals surface area contributed by atoms with Crippen LogP contribution >= 0.6 is 0 Å². The van der Waals surface area contributed by atoms with Gasteiger partial charge in [-0.2, -0.15) is 0 Å². The molecule has 2 heterocycles. The second-order valence-corrected chi connectivity index (χ2v) is 6.33. The molecule has 0 fully saturated rings. The van der Waals surface area contributed by atoms with E-state index in [2.05, 4.69) is 35.1 Å². The minimum atomic E-state index is -0.183. The first-order valence-electron chi connectivity index (χ1n) is 8.92. The van der Waals surface area contributed by atoms with Gasteiger partial charge in [0.05, 0.1) is 5.52 Å². The normalized spacial score (nSPS) is 11.5. The summed E-state index contributed by atoms with van der Waals surface area (Å²) in [7, 11) is 0. The van der Waals surface area contributed by atoms with E-state index in [1.165, 1.54) is 0 Å². The monoisotopic (exact) mass is 339 g/mol. The quantitative estimate of drug-likeness (QED) is 0.666. The Morgan fingerprint density at radius 3 is 2.72 bits per heavy atom. The van der Waals surface area contributed by atoms with Crippen molar-refractivity contribution in [3.8, 4) is 0 Å². The van der Waals surface area contributed by atoms with Gasteiger partial charge in [0.2, 0.25) is 5.71 Å². The van der Waals surface area contributed by atoms with Crippen molar-refractivity contribution < 1.29 is 9.21 Å². The smallest absolute Gasteiger partial charge is 0.287 e. The largest absolute Gasteiger partial charge is 0.433 e. The number of nitrogens with zero attached hydrogens (tertiary/aromatic N) is 2. The number of nitrogens with one attached hydrogen (secondary N) is 1. The first kappa shape index (κ1) is 17.4. The number of aryl methyl sites for hydroxylation is 1. The van der Waals surface area contributed by atoms with E-state index in [0.29, 0.717) is 18.0 Å². The Hall–Kier alpha value is -2.40. The van der Waals surface area contributed by atoms with Gasteiger partial charge in [0, 0.05) is 17.3 Å². The summed E-state index contributed by atoms with van der Waals surface area (Å²) in [4.78, 5) is 19.2. The molecule has 0 aliphatic rings. The molecule has 5 heteroatoms. The van der Waals surface area contributed by atoms with E-state index < -0.39 is 0 Å². The Labute approximate surface area is 148 Å². The highest BCUT2D eigenvalue weighted by molar-refractivity contribution is 5.98. The minimum Gasteiger partial charge on any atom is -0.433 e. The molecule has 1 aromatic carbocycles. The zero-order chi connectivity index (χ0) is 17.8. The standard InChI is InChI=1S/C20H25N3O2/c1-4-23(5-2)10-6-9-21-19(24)18-13-16-12-15-8-7-14(3)11-17(15)22-20(16)25-18/h7-8,11-13H,4-6,9-10H2,1-3H3,(H,21,24). The van der Waals surface area contributed by atoms with Gasteiger partial charge in [-0.3, -0.25) is 4.79 Å². The van der Waals surface area contributed by atoms with E-state index in [1.54, 1.807) is 6.07 Å². The number of rotatable bonds is 7. The molecule has 1 amide bonds. The summed E-state index contributed by atoms with van der Waals surface area (Å²) in [5.41, 5.74) is 2.54. The third-order valence-electron chi connectivity index (χ3n) is 4.51. The average Bonchev–Trinajstić information content (AvgIpc) is 3.02.